The first-order valence-corrected chi connectivity index (χ1v) is 18.3. The van der Waals surface area contributed by atoms with Crippen LogP contribution in [0.4, 0.5) is 0 Å². The highest BCUT2D eigenvalue weighted by Gasteiger charge is 2.61. The standard InChI is InChI=1S/C36H54N2O4S/c1-23(2)9-8-10-25(4)30-15-16-31-34-32(18-20-36(30,31)7)35(6)19-17-28(42-26(5)39)21-27(35)22-33(34)37-38-43(40,41)29-13-11-24(3)12-14-29/h11-14,22-23,25,28,30-32,34,38H,8-10,15-21H2,1-7H3/b37-33+/t25-,28-,30-,31-,32-,34-,35-,36+/m0/s1. The maximum atomic E-state index is 13.3. The maximum absolute atomic E-state index is 13.3. The number of nitrogens with zero attached hydrogens (tertiary/aromatic N) is 1. The Morgan fingerprint density at radius 1 is 1.02 bits per heavy atom. The number of hydrazone groups is 1. The molecule has 0 aromatic heterocycles. The zero-order valence-corrected chi connectivity index (χ0v) is 28.3. The van der Waals surface area contributed by atoms with Crippen LogP contribution in [0.25, 0.3) is 0 Å². The molecule has 0 bridgehead atoms. The Bertz CT molecular complexity index is 1350. The van der Waals surface area contributed by atoms with Crippen molar-refractivity contribution in [3.63, 3.8) is 0 Å². The first-order valence-electron chi connectivity index (χ1n) is 16.8. The van der Waals surface area contributed by atoms with E-state index < -0.39 is 10.0 Å². The Morgan fingerprint density at radius 3 is 2.42 bits per heavy atom. The van der Waals surface area contributed by atoms with Gasteiger partial charge in [0, 0.05) is 19.3 Å². The average molecular weight is 611 g/mol. The lowest BCUT2D eigenvalue weighted by Crippen LogP contribution is -2.54. The van der Waals surface area contributed by atoms with E-state index in [9.17, 15) is 13.2 Å². The molecule has 0 spiro atoms. The molecular formula is C36H54N2O4S. The van der Waals surface area contributed by atoms with E-state index >= 15 is 0 Å². The summed E-state index contributed by atoms with van der Waals surface area (Å²) >= 11 is 0. The molecule has 1 N–H and O–H groups in total. The number of nitrogens with one attached hydrogen (secondary N) is 1. The largest absolute Gasteiger partial charge is 0.462 e. The van der Waals surface area contributed by atoms with Gasteiger partial charge in [-0.05, 0) is 104 Å². The smallest absolute Gasteiger partial charge is 0.302 e. The van der Waals surface area contributed by atoms with Crippen LogP contribution in [0.15, 0.2) is 45.9 Å². The molecule has 238 valence electrons. The Kier molecular flexibility index (Phi) is 9.25. The molecule has 1 aromatic carbocycles. The molecule has 8 atom stereocenters. The number of carbonyl (C=O) groups is 1. The van der Waals surface area contributed by atoms with Crippen LogP contribution >= 0.6 is 0 Å². The van der Waals surface area contributed by atoms with E-state index in [1.165, 1.54) is 51.0 Å². The molecule has 5 rings (SSSR count). The molecular weight excluding hydrogens is 556 g/mol. The van der Waals surface area contributed by atoms with Crippen LogP contribution in [0, 0.1) is 53.3 Å². The number of sulfonamides is 1. The zero-order chi connectivity index (χ0) is 31.2. The highest BCUT2D eigenvalue weighted by molar-refractivity contribution is 7.89. The number of ether oxygens (including phenoxy) is 1. The van der Waals surface area contributed by atoms with E-state index in [1.54, 1.807) is 12.1 Å². The van der Waals surface area contributed by atoms with Crippen LogP contribution < -0.4 is 4.83 Å². The number of rotatable bonds is 9. The third kappa shape index (κ3) is 6.35. The van der Waals surface area contributed by atoms with Gasteiger partial charge in [0.1, 0.15) is 6.10 Å². The van der Waals surface area contributed by atoms with Gasteiger partial charge < -0.3 is 4.74 Å². The number of hydrogen-bond donors (Lipinski definition) is 1. The van der Waals surface area contributed by atoms with Gasteiger partial charge in [-0.3, -0.25) is 4.79 Å². The fraction of sp³-hybridized carbons (Fsp3) is 0.722. The lowest BCUT2D eigenvalue weighted by molar-refractivity contribution is -0.148. The van der Waals surface area contributed by atoms with Crippen LogP contribution in [-0.4, -0.2) is 26.2 Å². The number of allylic oxidation sites excluding steroid dienone is 1. The van der Waals surface area contributed by atoms with Gasteiger partial charge in [0.15, 0.2) is 0 Å². The van der Waals surface area contributed by atoms with Crippen molar-refractivity contribution in [1.82, 2.24) is 4.83 Å². The second kappa shape index (κ2) is 12.3. The molecule has 0 heterocycles. The van der Waals surface area contributed by atoms with Gasteiger partial charge >= 0.3 is 5.97 Å². The molecule has 6 nitrogen and oxygen atoms in total. The van der Waals surface area contributed by atoms with Crippen molar-refractivity contribution in [3.8, 4) is 0 Å². The third-order valence-electron chi connectivity index (χ3n) is 12.1. The summed E-state index contributed by atoms with van der Waals surface area (Å²) in [5, 5.41) is 4.77. The van der Waals surface area contributed by atoms with E-state index in [0.717, 1.165) is 36.5 Å². The van der Waals surface area contributed by atoms with E-state index in [4.69, 9.17) is 9.84 Å². The molecule has 0 radical (unpaired) electrons. The summed E-state index contributed by atoms with van der Waals surface area (Å²) in [5.74, 6) is 2.98. The third-order valence-corrected chi connectivity index (χ3v) is 13.3. The Labute approximate surface area is 260 Å². The predicted octanol–water partition coefficient (Wildman–Crippen LogP) is 8.21. The van der Waals surface area contributed by atoms with Crippen molar-refractivity contribution < 1.29 is 17.9 Å². The molecule has 0 unspecified atom stereocenters. The normalized spacial score (nSPS) is 35.5. The van der Waals surface area contributed by atoms with Crippen LogP contribution in [0.5, 0.6) is 0 Å². The lowest BCUT2D eigenvalue weighted by Gasteiger charge is -2.58. The monoisotopic (exact) mass is 610 g/mol. The molecule has 3 saturated carbocycles. The van der Waals surface area contributed by atoms with Crippen LogP contribution in [0.3, 0.4) is 0 Å². The maximum Gasteiger partial charge on any atom is 0.302 e. The molecule has 0 amide bonds. The topological polar surface area (TPSA) is 84.8 Å². The summed E-state index contributed by atoms with van der Waals surface area (Å²) in [6, 6.07) is 6.91. The summed E-state index contributed by atoms with van der Waals surface area (Å²) in [4.78, 5) is 14.7. The van der Waals surface area contributed by atoms with Gasteiger partial charge in [-0.15, -0.1) is 0 Å². The first kappa shape index (κ1) is 32.2. The second-order valence-electron chi connectivity index (χ2n) is 15.3. The molecule has 0 saturated heterocycles. The van der Waals surface area contributed by atoms with E-state index in [2.05, 4.69) is 45.5 Å². The van der Waals surface area contributed by atoms with Crippen molar-refractivity contribution in [1.29, 1.82) is 0 Å². The summed E-state index contributed by atoms with van der Waals surface area (Å²) < 4.78 is 32.4. The number of benzene rings is 1. The van der Waals surface area contributed by atoms with Crippen molar-refractivity contribution in [3.05, 3.63) is 41.5 Å². The van der Waals surface area contributed by atoms with Crippen LogP contribution in [0.1, 0.15) is 111 Å². The van der Waals surface area contributed by atoms with Crippen LogP contribution in [0.2, 0.25) is 0 Å². The quantitative estimate of drug-likeness (QED) is 0.226. The van der Waals surface area contributed by atoms with Gasteiger partial charge in [-0.1, -0.05) is 77.2 Å². The van der Waals surface area contributed by atoms with Gasteiger partial charge in [0.25, 0.3) is 10.0 Å². The summed E-state index contributed by atoms with van der Waals surface area (Å²) in [7, 11) is -3.80. The number of aryl methyl sites for hydroxylation is 1. The number of esters is 1. The van der Waals surface area contributed by atoms with Crippen molar-refractivity contribution in [2.24, 2.45) is 51.4 Å². The minimum Gasteiger partial charge on any atom is -0.462 e. The molecule has 43 heavy (non-hydrogen) atoms. The summed E-state index contributed by atoms with van der Waals surface area (Å²) in [5.41, 5.74) is 3.39. The lowest BCUT2D eigenvalue weighted by atomic mass is 9.46. The number of hydrogen-bond acceptors (Lipinski definition) is 5. The fourth-order valence-corrected chi connectivity index (χ4v) is 10.6. The van der Waals surface area contributed by atoms with Gasteiger partial charge in [0.05, 0.1) is 10.6 Å². The van der Waals surface area contributed by atoms with Crippen LogP contribution in [-0.2, 0) is 19.6 Å². The minimum atomic E-state index is -3.80. The molecule has 3 fully saturated rings. The predicted molar refractivity (Wildman–Crippen MR) is 173 cm³/mol. The van der Waals surface area contributed by atoms with Crippen molar-refractivity contribution in [2.45, 2.75) is 124 Å². The van der Waals surface area contributed by atoms with Crippen molar-refractivity contribution in [2.75, 3.05) is 0 Å². The Balaban J connectivity index is 1.49. The first-order chi connectivity index (χ1) is 20.2. The molecule has 4 aliphatic rings. The highest BCUT2D eigenvalue weighted by Crippen LogP contribution is 2.67. The molecule has 0 aliphatic heterocycles. The van der Waals surface area contributed by atoms with Gasteiger partial charge in [-0.2, -0.15) is 18.4 Å². The zero-order valence-electron chi connectivity index (χ0n) is 27.5. The number of carbonyl (C=O) groups excluding carboxylic acids is 1. The Morgan fingerprint density at radius 2 is 1.74 bits per heavy atom. The van der Waals surface area contributed by atoms with E-state index in [-0.39, 0.29) is 33.7 Å². The van der Waals surface area contributed by atoms with Gasteiger partial charge in [0.2, 0.25) is 0 Å². The minimum absolute atomic E-state index is 0.0124. The average Bonchev–Trinajstić information content (AvgIpc) is 3.29. The second-order valence-corrected chi connectivity index (χ2v) is 16.9. The van der Waals surface area contributed by atoms with Crippen molar-refractivity contribution >= 4 is 21.7 Å². The molecule has 4 aliphatic carbocycles. The SMILES string of the molecule is CC(=O)O[C@H]1CC[C@@]2(C)C(=C/C(=N\NS(=O)(=O)c3ccc(C)cc3)[C@H]3[C@@H]4CC[C@@H]([C@@H](C)CCCC(C)C)[C@@]4(C)CC[C@@H]32)C1. The van der Waals surface area contributed by atoms with E-state index in [0.29, 0.717) is 30.1 Å². The summed E-state index contributed by atoms with van der Waals surface area (Å²) in [6.45, 7) is 15.5. The molecule has 1 aromatic rings. The highest BCUT2D eigenvalue weighted by atomic mass is 32.2. The fourth-order valence-electron chi connectivity index (χ4n) is 9.74. The molecule has 7 heteroatoms. The number of fused-ring (bicyclic) bond motifs is 5. The Hall–Kier alpha value is -2.15. The van der Waals surface area contributed by atoms with E-state index in [1.807, 2.05) is 19.1 Å². The van der Waals surface area contributed by atoms with Gasteiger partial charge in [-0.25, -0.2) is 0 Å². The summed E-state index contributed by atoms with van der Waals surface area (Å²) in [6.07, 6.45) is 13.3.